The topological polar surface area (TPSA) is 96.7 Å². The average Bonchev–Trinajstić information content (AvgIpc) is 3.27. The maximum absolute atomic E-state index is 13.2. The van der Waals surface area contributed by atoms with Gasteiger partial charge in [-0.3, -0.25) is 0 Å². The Balaban J connectivity index is 1.96. The number of methoxy groups -OCH3 is 3. The Morgan fingerprint density at radius 2 is 1.81 bits per heavy atom. The predicted octanol–water partition coefficient (Wildman–Crippen LogP) is 4.11. The third-order valence-corrected chi connectivity index (χ3v) is 5.52. The molecule has 0 spiro atoms. The first-order valence-corrected chi connectivity index (χ1v) is 10.9. The summed E-state index contributed by atoms with van der Waals surface area (Å²) < 4.78 is 24.0. The monoisotopic (exact) mass is 444 g/mol. The smallest absolute Gasteiger partial charge is 0.338 e. The number of unbranched alkanes of at least 4 members (excludes halogenated alkanes) is 4. The number of nitrogens with zero attached hydrogens (tertiary/aromatic N) is 3. The summed E-state index contributed by atoms with van der Waals surface area (Å²) in [6.45, 7) is 4.38. The highest BCUT2D eigenvalue weighted by Crippen LogP contribution is 2.46. The zero-order valence-corrected chi connectivity index (χ0v) is 19.4. The lowest BCUT2D eigenvalue weighted by molar-refractivity contribution is -0.139. The molecule has 1 N–H and O–H groups in total. The molecule has 174 valence electrons. The molecular formula is C23H32N4O5. The number of rotatable bonds is 11. The molecule has 0 radical (unpaired) electrons. The summed E-state index contributed by atoms with van der Waals surface area (Å²) in [5.74, 6) is 1.55. The Bertz CT molecular complexity index is 969. The van der Waals surface area contributed by atoms with Crippen molar-refractivity contribution in [1.29, 1.82) is 0 Å². The van der Waals surface area contributed by atoms with Crippen LogP contribution in [0, 0.1) is 0 Å². The van der Waals surface area contributed by atoms with Crippen molar-refractivity contribution in [1.82, 2.24) is 14.8 Å². The van der Waals surface area contributed by atoms with E-state index < -0.39 is 12.0 Å². The van der Waals surface area contributed by atoms with Crippen LogP contribution in [0.1, 0.15) is 57.6 Å². The summed E-state index contributed by atoms with van der Waals surface area (Å²) in [5.41, 5.74) is 1.79. The molecule has 0 aliphatic carbocycles. The van der Waals surface area contributed by atoms with Crippen molar-refractivity contribution in [3.63, 3.8) is 0 Å². The van der Waals surface area contributed by atoms with E-state index in [9.17, 15) is 4.79 Å². The number of carbonyl (C=O) groups is 1. The number of carbonyl (C=O) groups excluding carboxylic acids is 1. The molecule has 0 amide bonds. The molecule has 1 aromatic heterocycles. The van der Waals surface area contributed by atoms with Gasteiger partial charge in [0.1, 0.15) is 12.4 Å². The van der Waals surface area contributed by atoms with Crippen LogP contribution < -0.4 is 19.5 Å². The van der Waals surface area contributed by atoms with Gasteiger partial charge >= 0.3 is 5.97 Å². The number of aromatic nitrogens is 3. The lowest BCUT2D eigenvalue weighted by Gasteiger charge is -2.29. The Morgan fingerprint density at radius 3 is 2.50 bits per heavy atom. The molecule has 32 heavy (non-hydrogen) atoms. The van der Waals surface area contributed by atoms with Crippen molar-refractivity contribution in [3.8, 4) is 17.2 Å². The number of hydrogen-bond donors (Lipinski definition) is 1. The van der Waals surface area contributed by atoms with Crippen molar-refractivity contribution < 1.29 is 23.7 Å². The molecule has 1 aliphatic rings. The van der Waals surface area contributed by atoms with Crippen LogP contribution in [0.4, 0.5) is 5.95 Å². The molecule has 1 atom stereocenters. The van der Waals surface area contributed by atoms with Crippen LogP contribution >= 0.6 is 0 Å². The first-order valence-electron chi connectivity index (χ1n) is 10.9. The van der Waals surface area contributed by atoms with E-state index in [-0.39, 0.29) is 0 Å². The number of esters is 1. The van der Waals surface area contributed by atoms with E-state index in [1.54, 1.807) is 32.1 Å². The van der Waals surface area contributed by atoms with Gasteiger partial charge < -0.3 is 24.3 Å². The molecule has 0 saturated heterocycles. The van der Waals surface area contributed by atoms with Gasteiger partial charge in [-0.2, -0.15) is 10.1 Å². The minimum atomic E-state index is -0.601. The Kier molecular flexibility index (Phi) is 7.97. The van der Waals surface area contributed by atoms with Crippen LogP contribution in [-0.4, -0.2) is 48.7 Å². The number of benzene rings is 1. The Morgan fingerprint density at radius 1 is 1.06 bits per heavy atom. The molecular weight excluding hydrogens is 412 g/mol. The Labute approximate surface area is 188 Å². The van der Waals surface area contributed by atoms with Crippen LogP contribution in [0.3, 0.4) is 0 Å². The van der Waals surface area contributed by atoms with Gasteiger partial charge in [0.25, 0.3) is 0 Å². The lowest BCUT2D eigenvalue weighted by atomic mass is 9.94. The number of ether oxygens (including phenoxy) is 4. The van der Waals surface area contributed by atoms with Crippen molar-refractivity contribution in [3.05, 3.63) is 35.3 Å². The molecule has 1 aromatic carbocycles. The first-order chi connectivity index (χ1) is 15.6. The fourth-order valence-electron chi connectivity index (χ4n) is 3.93. The van der Waals surface area contributed by atoms with E-state index >= 15 is 0 Å². The van der Waals surface area contributed by atoms with Crippen LogP contribution in [-0.2, 0) is 9.53 Å². The fourth-order valence-corrected chi connectivity index (χ4v) is 3.93. The van der Waals surface area contributed by atoms with Gasteiger partial charge in [-0.25, -0.2) is 9.48 Å². The molecule has 2 aromatic rings. The van der Waals surface area contributed by atoms with Crippen molar-refractivity contribution in [2.75, 3.05) is 33.3 Å². The molecule has 0 saturated carbocycles. The summed E-state index contributed by atoms with van der Waals surface area (Å²) in [4.78, 5) is 17.5. The molecule has 9 heteroatoms. The third-order valence-electron chi connectivity index (χ3n) is 5.52. The Hall–Kier alpha value is -3.23. The molecule has 0 unspecified atom stereocenters. The van der Waals surface area contributed by atoms with E-state index in [0.717, 1.165) is 19.3 Å². The summed E-state index contributed by atoms with van der Waals surface area (Å²) in [6.07, 6.45) is 6.83. The van der Waals surface area contributed by atoms with Gasteiger partial charge in [0.2, 0.25) is 11.7 Å². The van der Waals surface area contributed by atoms with Crippen molar-refractivity contribution in [2.24, 2.45) is 0 Å². The van der Waals surface area contributed by atoms with E-state index in [1.165, 1.54) is 19.2 Å². The van der Waals surface area contributed by atoms with E-state index in [1.807, 2.05) is 13.0 Å². The molecule has 9 nitrogen and oxygen atoms in total. The zero-order valence-electron chi connectivity index (χ0n) is 19.4. The number of allylic oxidation sites excluding steroid dienone is 1. The average molecular weight is 445 g/mol. The van der Waals surface area contributed by atoms with Gasteiger partial charge in [-0.05, 0) is 25.5 Å². The van der Waals surface area contributed by atoms with Crippen LogP contribution in [0.15, 0.2) is 29.7 Å². The van der Waals surface area contributed by atoms with E-state index in [2.05, 4.69) is 22.3 Å². The number of hydrogen-bond acceptors (Lipinski definition) is 8. The quantitative estimate of drug-likeness (QED) is 0.409. The van der Waals surface area contributed by atoms with E-state index in [4.69, 9.17) is 18.9 Å². The van der Waals surface area contributed by atoms with Gasteiger partial charge in [-0.1, -0.05) is 32.6 Å². The maximum Gasteiger partial charge on any atom is 0.338 e. The summed E-state index contributed by atoms with van der Waals surface area (Å²) >= 11 is 0. The standard InChI is InChI=1S/C23H32N4O5/c1-6-7-8-9-10-13-32-22(28)18-15(2)26-23-24-14-25-27(23)19(18)16-11-12-17(29-3)21(31-5)20(16)30-4/h11-12,14,19H,6-10,13H2,1-5H3,(H,24,25,26)/t19-/m1/s1. The first kappa shape index (κ1) is 23.4. The van der Waals surface area contributed by atoms with Gasteiger partial charge in [0.15, 0.2) is 11.5 Å². The third kappa shape index (κ3) is 4.66. The van der Waals surface area contributed by atoms with Gasteiger partial charge in [-0.15, -0.1) is 0 Å². The maximum atomic E-state index is 13.2. The number of fused-ring (bicyclic) bond motifs is 1. The number of anilines is 1. The minimum absolute atomic E-state index is 0.374. The highest BCUT2D eigenvalue weighted by molar-refractivity contribution is 5.92. The van der Waals surface area contributed by atoms with Crippen molar-refractivity contribution in [2.45, 2.75) is 52.0 Å². The zero-order chi connectivity index (χ0) is 23.1. The second kappa shape index (κ2) is 10.9. The predicted molar refractivity (Wildman–Crippen MR) is 120 cm³/mol. The largest absolute Gasteiger partial charge is 0.493 e. The highest BCUT2D eigenvalue weighted by Gasteiger charge is 2.37. The second-order valence-corrected chi connectivity index (χ2v) is 7.57. The lowest BCUT2D eigenvalue weighted by Crippen LogP contribution is -2.30. The molecule has 0 fully saturated rings. The fraction of sp³-hybridized carbons (Fsp3) is 0.522. The number of nitrogens with one attached hydrogen (secondary N) is 1. The van der Waals surface area contributed by atoms with Crippen LogP contribution in [0.25, 0.3) is 0 Å². The summed E-state index contributed by atoms with van der Waals surface area (Å²) in [6, 6.07) is 3.02. The van der Waals surface area contributed by atoms with Crippen molar-refractivity contribution >= 4 is 11.9 Å². The normalized spacial score (nSPS) is 15.1. The molecule has 1 aliphatic heterocycles. The van der Waals surface area contributed by atoms with Gasteiger partial charge in [0, 0.05) is 11.3 Å². The molecule has 3 rings (SSSR count). The second-order valence-electron chi connectivity index (χ2n) is 7.57. The summed E-state index contributed by atoms with van der Waals surface area (Å²) in [7, 11) is 4.65. The van der Waals surface area contributed by atoms with Crippen LogP contribution in [0.5, 0.6) is 17.2 Å². The molecule has 0 bridgehead atoms. The molecule has 2 heterocycles. The van der Waals surface area contributed by atoms with Gasteiger partial charge in [0.05, 0.1) is 33.5 Å². The summed E-state index contributed by atoms with van der Waals surface area (Å²) in [5, 5.41) is 7.51. The minimum Gasteiger partial charge on any atom is -0.493 e. The van der Waals surface area contributed by atoms with Crippen LogP contribution in [0.2, 0.25) is 0 Å². The van der Waals surface area contributed by atoms with E-state index in [0.29, 0.717) is 46.6 Å². The highest BCUT2D eigenvalue weighted by atomic mass is 16.5. The SMILES string of the molecule is CCCCCCCOC(=O)C1=C(C)Nc2ncnn2[C@@H]1c1ccc(OC)c(OC)c1OC.